The lowest BCUT2D eigenvalue weighted by Gasteiger charge is -1.84. The first kappa shape index (κ1) is 12.3. The van der Waals surface area contributed by atoms with Gasteiger partial charge in [-0.25, -0.2) is 0 Å². The molecule has 0 amide bonds. The maximum atomic E-state index is 8.24. The molecule has 0 aliphatic rings. The summed E-state index contributed by atoms with van der Waals surface area (Å²) < 4.78 is 0. The predicted octanol–water partition coefficient (Wildman–Crippen LogP) is 1.33. The van der Waals surface area contributed by atoms with Crippen LogP contribution in [0.5, 0.6) is 0 Å². The molecule has 0 fully saturated rings. The van der Waals surface area contributed by atoms with Crippen molar-refractivity contribution in [2.45, 2.75) is 32.8 Å². The third-order valence-electron chi connectivity index (χ3n) is 0.853. The fourth-order valence-corrected chi connectivity index (χ4v) is 0.158. The predicted molar refractivity (Wildman–Crippen MR) is 43.9 cm³/mol. The highest BCUT2D eigenvalue weighted by Gasteiger charge is 1.75. The van der Waals surface area contributed by atoms with Crippen molar-refractivity contribution >= 4 is 0 Å². The monoisotopic (exact) mass is 146 g/mol. The summed E-state index contributed by atoms with van der Waals surface area (Å²) in [5.41, 5.74) is 0. The van der Waals surface area contributed by atoms with Crippen molar-refractivity contribution in [3.63, 3.8) is 0 Å². The number of aliphatic hydroxyl groups excluding tert-OH is 2. The molecule has 0 aliphatic heterocycles. The van der Waals surface area contributed by atoms with E-state index in [1.807, 2.05) is 0 Å². The second-order valence-corrected chi connectivity index (χ2v) is 2.05. The van der Waals surface area contributed by atoms with Gasteiger partial charge in [0.2, 0.25) is 0 Å². The molecule has 0 aromatic carbocycles. The van der Waals surface area contributed by atoms with E-state index in [9.17, 15) is 0 Å². The standard InChI is InChI=1S/C4H8O.C4H10O/c1-3-4(2)5;1-2-3-4-5/h3-5H,1H2,2H3;5H,2-4H2,1H3. The Bertz CT molecular complexity index is 58.3. The van der Waals surface area contributed by atoms with Crippen LogP contribution in [0.1, 0.15) is 26.7 Å². The molecule has 0 spiro atoms. The minimum Gasteiger partial charge on any atom is -0.396 e. The zero-order chi connectivity index (χ0) is 8.41. The average molecular weight is 146 g/mol. The SMILES string of the molecule is C=CC(C)O.CCCCO. The van der Waals surface area contributed by atoms with Crippen LogP contribution in [0.2, 0.25) is 0 Å². The maximum absolute atomic E-state index is 8.24. The van der Waals surface area contributed by atoms with Crippen molar-refractivity contribution in [2.24, 2.45) is 0 Å². The van der Waals surface area contributed by atoms with E-state index in [4.69, 9.17) is 10.2 Å². The van der Waals surface area contributed by atoms with Crippen LogP contribution < -0.4 is 0 Å². The molecule has 0 saturated heterocycles. The van der Waals surface area contributed by atoms with Gasteiger partial charge in [-0.05, 0) is 13.3 Å². The zero-order valence-electron chi connectivity index (χ0n) is 6.88. The van der Waals surface area contributed by atoms with Gasteiger partial charge < -0.3 is 10.2 Å². The average Bonchev–Trinajstić information content (AvgIpc) is 1.91. The molecular formula is C8H18O2. The Labute approximate surface area is 63.2 Å². The quantitative estimate of drug-likeness (QED) is 0.590. The fourth-order valence-electron chi connectivity index (χ4n) is 0.158. The maximum Gasteiger partial charge on any atom is 0.0690 e. The van der Waals surface area contributed by atoms with E-state index < -0.39 is 0 Å². The summed E-state index contributed by atoms with van der Waals surface area (Å²) in [4.78, 5) is 0. The molecule has 1 atom stereocenters. The van der Waals surface area contributed by atoms with Gasteiger partial charge in [0.25, 0.3) is 0 Å². The second-order valence-electron chi connectivity index (χ2n) is 2.05. The van der Waals surface area contributed by atoms with E-state index in [0.29, 0.717) is 6.61 Å². The van der Waals surface area contributed by atoms with Crippen molar-refractivity contribution < 1.29 is 10.2 Å². The number of unbranched alkanes of at least 4 members (excludes halogenated alkanes) is 1. The summed E-state index contributed by atoms with van der Waals surface area (Å²) in [6.07, 6.45) is 3.16. The first-order valence-electron chi connectivity index (χ1n) is 3.60. The Morgan fingerprint density at radius 2 is 2.00 bits per heavy atom. The molecule has 62 valence electrons. The Kier molecular flexibility index (Phi) is 14.1. The van der Waals surface area contributed by atoms with Gasteiger partial charge in [0, 0.05) is 6.61 Å². The Hall–Kier alpha value is -0.340. The first-order valence-corrected chi connectivity index (χ1v) is 3.60. The van der Waals surface area contributed by atoms with E-state index in [0.717, 1.165) is 12.8 Å². The highest BCUT2D eigenvalue weighted by Crippen LogP contribution is 1.78. The third-order valence-corrected chi connectivity index (χ3v) is 0.853. The van der Waals surface area contributed by atoms with E-state index in [1.54, 1.807) is 6.92 Å². The number of aliphatic hydroxyl groups is 2. The highest BCUT2D eigenvalue weighted by molar-refractivity contribution is 4.72. The second kappa shape index (κ2) is 11.5. The summed E-state index contributed by atoms with van der Waals surface area (Å²) in [6.45, 7) is 7.37. The Balaban J connectivity index is 0. The van der Waals surface area contributed by atoms with Crippen molar-refractivity contribution in [3.05, 3.63) is 12.7 Å². The highest BCUT2D eigenvalue weighted by atomic mass is 16.3. The van der Waals surface area contributed by atoms with Crippen LogP contribution >= 0.6 is 0 Å². The van der Waals surface area contributed by atoms with Gasteiger partial charge in [0.1, 0.15) is 0 Å². The van der Waals surface area contributed by atoms with Gasteiger partial charge in [-0.15, -0.1) is 6.58 Å². The minimum absolute atomic E-state index is 0.344. The normalized spacial score (nSPS) is 11.2. The Morgan fingerprint density at radius 3 is 2.00 bits per heavy atom. The molecule has 2 N–H and O–H groups in total. The molecule has 0 rings (SSSR count). The van der Waals surface area contributed by atoms with Crippen molar-refractivity contribution in [1.82, 2.24) is 0 Å². The lowest BCUT2D eigenvalue weighted by Crippen LogP contribution is -1.88. The molecule has 2 heteroatoms. The molecule has 2 nitrogen and oxygen atoms in total. The van der Waals surface area contributed by atoms with E-state index >= 15 is 0 Å². The number of rotatable bonds is 3. The van der Waals surface area contributed by atoms with Gasteiger partial charge >= 0.3 is 0 Å². The van der Waals surface area contributed by atoms with Gasteiger partial charge in [0.15, 0.2) is 0 Å². The van der Waals surface area contributed by atoms with Crippen LogP contribution in [0, 0.1) is 0 Å². The largest absolute Gasteiger partial charge is 0.396 e. The number of hydrogen-bond acceptors (Lipinski definition) is 2. The van der Waals surface area contributed by atoms with Crippen LogP contribution in [0.15, 0.2) is 12.7 Å². The summed E-state index contributed by atoms with van der Waals surface area (Å²) in [6, 6.07) is 0. The van der Waals surface area contributed by atoms with Crippen LogP contribution in [0.4, 0.5) is 0 Å². The lowest BCUT2D eigenvalue weighted by molar-refractivity contribution is 0.244. The van der Waals surface area contributed by atoms with Crippen LogP contribution in [-0.2, 0) is 0 Å². The van der Waals surface area contributed by atoms with Gasteiger partial charge in [-0.1, -0.05) is 19.4 Å². The molecule has 0 heterocycles. The van der Waals surface area contributed by atoms with E-state index in [1.165, 1.54) is 6.08 Å². The third kappa shape index (κ3) is 25.4. The minimum atomic E-state index is -0.352. The van der Waals surface area contributed by atoms with E-state index in [-0.39, 0.29) is 6.10 Å². The smallest absolute Gasteiger partial charge is 0.0690 e. The Morgan fingerprint density at radius 1 is 1.60 bits per heavy atom. The van der Waals surface area contributed by atoms with Crippen LogP contribution in [-0.4, -0.2) is 22.9 Å². The molecule has 0 aliphatic carbocycles. The van der Waals surface area contributed by atoms with Crippen molar-refractivity contribution in [3.8, 4) is 0 Å². The van der Waals surface area contributed by atoms with Crippen molar-refractivity contribution in [1.29, 1.82) is 0 Å². The van der Waals surface area contributed by atoms with Crippen molar-refractivity contribution in [2.75, 3.05) is 6.61 Å². The van der Waals surface area contributed by atoms with Gasteiger partial charge in [-0.3, -0.25) is 0 Å². The molecule has 0 bridgehead atoms. The first-order chi connectivity index (χ1) is 4.68. The van der Waals surface area contributed by atoms with E-state index in [2.05, 4.69) is 13.5 Å². The molecule has 0 saturated carbocycles. The molecule has 0 aromatic heterocycles. The van der Waals surface area contributed by atoms with Crippen LogP contribution in [0.25, 0.3) is 0 Å². The van der Waals surface area contributed by atoms with Crippen LogP contribution in [0.3, 0.4) is 0 Å². The number of hydrogen-bond donors (Lipinski definition) is 2. The summed E-state index contributed by atoms with van der Waals surface area (Å²) in [5, 5.41) is 16.3. The fraction of sp³-hybridized carbons (Fsp3) is 0.750. The molecule has 1 unspecified atom stereocenters. The molecule has 0 aromatic rings. The summed E-state index contributed by atoms with van der Waals surface area (Å²) >= 11 is 0. The summed E-state index contributed by atoms with van der Waals surface area (Å²) in [5.74, 6) is 0. The zero-order valence-corrected chi connectivity index (χ0v) is 6.88. The molecule has 10 heavy (non-hydrogen) atoms. The molecular weight excluding hydrogens is 128 g/mol. The topological polar surface area (TPSA) is 40.5 Å². The molecule has 0 radical (unpaired) electrons. The van der Waals surface area contributed by atoms with Gasteiger partial charge in [-0.2, -0.15) is 0 Å². The summed E-state index contributed by atoms with van der Waals surface area (Å²) in [7, 11) is 0. The van der Waals surface area contributed by atoms with Gasteiger partial charge in [0.05, 0.1) is 6.10 Å². The lowest BCUT2D eigenvalue weighted by atomic mass is 10.4.